The second-order valence-corrected chi connectivity index (χ2v) is 5.89. The van der Waals surface area contributed by atoms with E-state index in [0.717, 1.165) is 5.75 Å². The average molecular weight is 304 g/mol. The average Bonchev–Trinajstić information content (AvgIpc) is 2.71. The topological polar surface area (TPSA) is 89.3 Å². The van der Waals surface area contributed by atoms with E-state index in [0.29, 0.717) is 23.2 Å². The summed E-state index contributed by atoms with van der Waals surface area (Å²) in [5.74, 6) is 0.957. The number of hydrogen-bond donors (Lipinski definition) is 3. The van der Waals surface area contributed by atoms with Crippen molar-refractivity contribution in [2.45, 2.75) is 13.0 Å². The molecule has 0 aliphatic heterocycles. The molecule has 1 aromatic rings. The number of nitrogens with one attached hydrogen (secondary N) is 2. The number of aromatic nitrogens is 1. The van der Waals surface area contributed by atoms with Crippen molar-refractivity contribution in [1.29, 1.82) is 0 Å². The first-order valence-electron chi connectivity index (χ1n) is 5.87. The number of nitrogens with zero attached hydrogens (tertiary/aromatic N) is 1. The molecule has 8 heteroatoms. The van der Waals surface area contributed by atoms with Crippen LogP contribution in [-0.2, 0) is 4.74 Å². The van der Waals surface area contributed by atoms with Crippen molar-refractivity contribution in [3.05, 3.63) is 4.88 Å². The van der Waals surface area contributed by atoms with Gasteiger partial charge in [-0.15, -0.1) is 0 Å². The van der Waals surface area contributed by atoms with Gasteiger partial charge in [0.2, 0.25) is 0 Å². The number of thiazole rings is 1. The molecule has 0 aliphatic rings. The number of anilines is 2. The number of nitrogen functional groups attached to an aromatic ring is 1. The Balaban J connectivity index is 2.59. The lowest BCUT2D eigenvalue weighted by Crippen LogP contribution is -2.34. The van der Waals surface area contributed by atoms with Crippen LogP contribution in [0.3, 0.4) is 0 Å². The minimum absolute atomic E-state index is 0.105. The molecule has 0 bridgehead atoms. The molecule has 1 heterocycles. The fraction of sp³-hybridized carbons (Fsp3) is 0.636. The van der Waals surface area contributed by atoms with E-state index in [1.807, 2.05) is 13.2 Å². The molecule has 0 aromatic carbocycles. The van der Waals surface area contributed by atoms with Crippen LogP contribution in [0.15, 0.2) is 0 Å². The van der Waals surface area contributed by atoms with Crippen LogP contribution in [0.5, 0.6) is 0 Å². The molecule has 0 saturated heterocycles. The van der Waals surface area contributed by atoms with E-state index < -0.39 is 0 Å². The molecule has 1 atom stereocenters. The second kappa shape index (κ2) is 8.23. The number of carbonyl (C=O) groups excluding carboxylic acids is 1. The Kier molecular flexibility index (Phi) is 6.96. The summed E-state index contributed by atoms with van der Waals surface area (Å²) in [7, 11) is 1.63. The molecule has 4 N–H and O–H groups in total. The molecule has 6 nitrogen and oxygen atoms in total. The molecule has 0 radical (unpaired) electrons. The molecular weight excluding hydrogens is 284 g/mol. The molecule has 0 spiro atoms. The van der Waals surface area contributed by atoms with Crippen LogP contribution in [0.25, 0.3) is 0 Å². The van der Waals surface area contributed by atoms with Gasteiger partial charge < -0.3 is 21.1 Å². The summed E-state index contributed by atoms with van der Waals surface area (Å²) in [4.78, 5) is 16.6. The van der Waals surface area contributed by atoms with Crippen LogP contribution in [0.1, 0.15) is 16.6 Å². The Morgan fingerprint density at radius 3 is 3.00 bits per heavy atom. The summed E-state index contributed by atoms with van der Waals surface area (Å²) in [6, 6.07) is 0.105. The summed E-state index contributed by atoms with van der Waals surface area (Å²) in [5.41, 5.74) is 5.76. The lowest BCUT2D eigenvalue weighted by molar-refractivity contribution is 0.0948. The van der Waals surface area contributed by atoms with Crippen LogP contribution >= 0.6 is 23.1 Å². The first-order valence-corrected chi connectivity index (χ1v) is 8.08. The number of thioether (sulfide) groups is 1. The van der Waals surface area contributed by atoms with Gasteiger partial charge >= 0.3 is 0 Å². The standard InChI is InChI=1S/C11H20N4O2S2/c1-7(6-18-3)14-10(16)8-9(12)15-11(19-8)13-4-5-17-2/h7H,4-6,12H2,1-3H3,(H,13,15)(H,14,16). The monoisotopic (exact) mass is 304 g/mol. The highest BCUT2D eigenvalue weighted by atomic mass is 32.2. The lowest BCUT2D eigenvalue weighted by Gasteiger charge is -2.11. The van der Waals surface area contributed by atoms with Gasteiger partial charge in [-0.1, -0.05) is 11.3 Å². The highest BCUT2D eigenvalue weighted by Crippen LogP contribution is 2.24. The number of ether oxygens (including phenoxy) is 1. The molecule has 108 valence electrons. The Bertz CT molecular complexity index is 411. The quantitative estimate of drug-likeness (QED) is 0.627. The van der Waals surface area contributed by atoms with Gasteiger partial charge in [-0.2, -0.15) is 11.8 Å². The Morgan fingerprint density at radius 2 is 2.37 bits per heavy atom. The molecule has 0 fully saturated rings. The maximum atomic E-state index is 12.0. The molecule has 1 rings (SSSR count). The minimum Gasteiger partial charge on any atom is -0.383 e. The Labute approximate surface area is 121 Å². The van der Waals surface area contributed by atoms with Crippen molar-refractivity contribution in [1.82, 2.24) is 10.3 Å². The first-order chi connectivity index (χ1) is 9.08. The number of methoxy groups -OCH3 is 1. The largest absolute Gasteiger partial charge is 0.383 e. The van der Waals surface area contributed by atoms with Gasteiger partial charge in [-0.05, 0) is 13.2 Å². The van der Waals surface area contributed by atoms with Crippen molar-refractivity contribution in [3.8, 4) is 0 Å². The van der Waals surface area contributed by atoms with Gasteiger partial charge in [-0.25, -0.2) is 4.98 Å². The normalized spacial score (nSPS) is 12.2. The van der Waals surface area contributed by atoms with Crippen LogP contribution < -0.4 is 16.4 Å². The van der Waals surface area contributed by atoms with Crippen molar-refractivity contribution in [2.75, 3.05) is 43.3 Å². The summed E-state index contributed by atoms with van der Waals surface area (Å²) >= 11 is 2.94. The molecule has 19 heavy (non-hydrogen) atoms. The third-order valence-electron chi connectivity index (χ3n) is 2.24. The van der Waals surface area contributed by atoms with E-state index >= 15 is 0 Å². The summed E-state index contributed by atoms with van der Waals surface area (Å²) in [5, 5.41) is 6.59. The number of amides is 1. The SMILES string of the molecule is COCCNc1nc(N)c(C(=O)NC(C)CSC)s1. The molecule has 0 aliphatic carbocycles. The summed E-state index contributed by atoms with van der Waals surface area (Å²) < 4.78 is 4.93. The smallest absolute Gasteiger partial charge is 0.265 e. The van der Waals surface area contributed by atoms with Gasteiger partial charge in [0.05, 0.1) is 6.61 Å². The van der Waals surface area contributed by atoms with E-state index in [4.69, 9.17) is 10.5 Å². The molecule has 1 amide bonds. The summed E-state index contributed by atoms with van der Waals surface area (Å²) in [6.07, 6.45) is 2.00. The molecule has 1 aromatic heterocycles. The van der Waals surface area contributed by atoms with Crippen molar-refractivity contribution < 1.29 is 9.53 Å². The third kappa shape index (κ3) is 5.25. The van der Waals surface area contributed by atoms with Gasteiger partial charge in [0.25, 0.3) is 5.91 Å². The van der Waals surface area contributed by atoms with Crippen molar-refractivity contribution >= 4 is 40.0 Å². The van der Waals surface area contributed by atoms with E-state index in [1.165, 1.54) is 11.3 Å². The molecule has 1 unspecified atom stereocenters. The van der Waals surface area contributed by atoms with E-state index in [2.05, 4.69) is 15.6 Å². The first kappa shape index (κ1) is 16.1. The van der Waals surface area contributed by atoms with E-state index in [9.17, 15) is 4.79 Å². The molecular formula is C11H20N4O2S2. The van der Waals surface area contributed by atoms with Gasteiger partial charge in [0.1, 0.15) is 10.7 Å². The lowest BCUT2D eigenvalue weighted by atomic mass is 10.3. The van der Waals surface area contributed by atoms with E-state index in [1.54, 1.807) is 18.9 Å². The fourth-order valence-electron chi connectivity index (χ4n) is 1.41. The minimum atomic E-state index is -0.170. The number of rotatable bonds is 8. The van der Waals surface area contributed by atoms with E-state index in [-0.39, 0.29) is 17.8 Å². The van der Waals surface area contributed by atoms with Crippen LogP contribution in [0.2, 0.25) is 0 Å². The maximum Gasteiger partial charge on any atom is 0.265 e. The zero-order chi connectivity index (χ0) is 14.3. The predicted molar refractivity (Wildman–Crippen MR) is 82.2 cm³/mol. The maximum absolute atomic E-state index is 12.0. The van der Waals surface area contributed by atoms with Crippen LogP contribution in [0.4, 0.5) is 10.9 Å². The highest BCUT2D eigenvalue weighted by Gasteiger charge is 2.17. The van der Waals surface area contributed by atoms with Crippen molar-refractivity contribution in [2.24, 2.45) is 0 Å². The van der Waals surface area contributed by atoms with Gasteiger partial charge in [-0.3, -0.25) is 4.79 Å². The highest BCUT2D eigenvalue weighted by molar-refractivity contribution is 7.98. The second-order valence-electron chi connectivity index (χ2n) is 3.98. The zero-order valence-corrected chi connectivity index (χ0v) is 13.0. The van der Waals surface area contributed by atoms with Crippen molar-refractivity contribution in [3.63, 3.8) is 0 Å². The van der Waals surface area contributed by atoms with Gasteiger partial charge in [0, 0.05) is 25.4 Å². The number of nitrogens with two attached hydrogens (primary N) is 1. The zero-order valence-electron chi connectivity index (χ0n) is 11.4. The van der Waals surface area contributed by atoms with Gasteiger partial charge in [0.15, 0.2) is 5.13 Å². The molecule has 0 saturated carbocycles. The van der Waals surface area contributed by atoms with Crippen LogP contribution in [-0.4, -0.2) is 49.2 Å². The number of carbonyl (C=O) groups is 1. The number of hydrogen-bond acceptors (Lipinski definition) is 7. The predicted octanol–water partition coefficient (Wildman–Crippen LogP) is 1.26. The Hall–Kier alpha value is -0.990. The third-order valence-corrected chi connectivity index (χ3v) is 4.10. The summed E-state index contributed by atoms with van der Waals surface area (Å²) in [6.45, 7) is 3.17. The fourth-order valence-corrected chi connectivity index (χ4v) is 2.81. The van der Waals surface area contributed by atoms with Crippen LogP contribution in [0, 0.1) is 0 Å². The Morgan fingerprint density at radius 1 is 1.63 bits per heavy atom.